The number of hydrogen-bond donors (Lipinski definition) is 9. The van der Waals surface area contributed by atoms with E-state index in [1.807, 2.05) is 0 Å². The Morgan fingerprint density at radius 1 is 0.791 bits per heavy atom. The molecule has 1 aliphatic rings. The number of fused-ring (bicyclic) bond motifs is 1. The number of phenolic OH excluding ortho intramolecular Hbond substituents is 6. The Labute approximate surface area is 239 Å². The lowest BCUT2D eigenvalue weighted by Crippen LogP contribution is -2.60. The van der Waals surface area contributed by atoms with E-state index in [0.717, 1.165) is 24.3 Å². The number of aromatic hydroxyl groups is 6. The van der Waals surface area contributed by atoms with E-state index in [-0.39, 0.29) is 28.2 Å². The average molecular weight is 600 g/mol. The predicted octanol–water partition coefficient (Wildman–Crippen LogP) is 0.737. The molecule has 43 heavy (non-hydrogen) atoms. The number of carbonyl (C=O) groups excluding carboxylic acids is 1. The number of ether oxygens (including phenoxy) is 3. The Morgan fingerprint density at radius 2 is 1.44 bits per heavy atom. The molecule has 1 saturated heterocycles. The number of aliphatic hydroxyl groups is 3. The molecule has 1 aromatic heterocycles. The van der Waals surface area contributed by atoms with Crippen molar-refractivity contribution in [3.63, 3.8) is 0 Å². The minimum absolute atomic E-state index is 0.122. The fourth-order valence-corrected chi connectivity index (χ4v) is 4.41. The molecule has 0 spiro atoms. The van der Waals surface area contributed by atoms with Crippen LogP contribution in [0, 0.1) is 0 Å². The normalized spacial score (nSPS) is 21.9. The molecule has 9 N–H and O–H groups in total. The van der Waals surface area contributed by atoms with Crippen LogP contribution in [0.25, 0.3) is 22.3 Å². The van der Waals surface area contributed by atoms with Gasteiger partial charge in [0.1, 0.15) is 59.2 Å². The summed E-state index contributed by atoms with van der Waals surface area (Å²) >= 11 is 0. The molecule has 4 aromatic rings. The largest absolute Gasteiger partial charge is 0.508 e. The number of hydrogen-bond acceptors (Lipinski definition) is 15. The quantitative estimate of drug-likeness (QED) is 0.109. The Hall–Kier alpha value is -5.22. The van der Waals surface area contributed by atoms with E-state index in [1.165, 1.54) is 24.3 Å². The topological polar surface area (TPSA) is 257 Å². The van der Waals surface area contributed by atoms with Gasteiger partial charge < -0.3 is 64.6 Å². The van der Waals surface area contributed by atoms with Crippen LogP contribution in [0.2, 0.25) is 0 Å². The Kier molecular flexibility index (Phi) is 7.64. The van der Waals surface area contributed by atoms with Gasteiger partial charge in [0.15, 0.2) is 23.0 Å². The third kappa shape index (κ3) is 5.52. The highest BCUT2D eigenvalue weighted by atomic mass is 16.7. The lowest BCUT2D eigenvalue weighted by molar-refractivity contribution is -0.277. The van der Waals surface area contributed by atoms with E-state index < -0.39 is 88.6 Å². The Balaban J connectivity index is 1.47. The summed E-state index contributed by atoms with van der Waals surface area (Å²) in [6.45, 7) is -0.761. The first-order chi connectivity index (χ1) is 20.3. The molecule has 15 nitrogen and oxygen atoms in total. The summed E-state index contributed by atoms with van der Waals surface area (Å²) in [7, 11) is 0. The van der Waals surface area contributed by atoms with Crippen LogP contribution in [0.15, 0.2) is 57.7 Å². The zero-order valence-electron chi connectivity index (χ0n) is 21.7. The molecule has 3 aromatic carbocycles. The van der Waals surface area contributed by atoms with Gasteiger partial charge in [-0.15, -0.1) is 0 Å². The maximum absolute atomic E-state index is 13.5. The molecule has 1 fully saturated rings. The lowest BCUT2D eigenvalue weighted by atomic mass is 9.99. The van der Waals surface area contributed by atoms with Crippen LogP contribution in [0.1, 0.15) is 10.4 Å². The second kappa shape index (κ2) is 11.2. The van der Waals surface area contributed by atoms with Gasteiger partial charge in [0.25, 0.3) is 0 Å². The van der Waals surface area contributed by atoms with Gasteiger partial charge in [-0.3, -0.25) is 4.79 Å². The summed E-state index contributed by atoms with van der Waals surface area (Å²) in [6, 6.07) is 8.81. The molecule has 1 aliphatic heterocycles. The highest BCUT2D eigenvalue weighted by Crippen LogP contribution is 2.38. The lowest BCUT2D eigenvalue weighted by Gasteiger charge is -2.39. The fourth-order valence-electron chi connectivity index (χ4n) is 4.41. The third-order valence-corrected chi connectivity index (χ3v) is 6.63. The van der Waals surface area contributed by atoms with Crippen LogP contribution in [0.5, 0.6) is 40.2 Å². The molecule has 0 bridgehead atoms. The number of esters is 1. The maximum Gasteiger partial charge on any atom is 0.338 e. The first-order valence-corrected chi connectivity index (χ1v) is 12.5. The minimum Gasteiger partial charge on any atom is -0.508 e. The molecular weight excluding hydrogens is 576 g/mol. The first kappa shape index (κ1) is 29.3. The first-order valence-electron chi connectivity index (χ1n) is 12.5. The minimum atomic E-state index is -1.97. The third-order valence-electron chi connectivity index (χ3n) is 6.63. The van der Waals surface area contributed by atoms with Gasteiger partial charge in [-0.25, -0.2) is 4.79 Å². The summed E-state index contributed by atoms with van der Waals surface area (Å²) in [5, 5.41) is 89.8. The van der Waals surface area contributed by atoms with Crippen molar-refractivity contribution in [2.75, 3.05) is 6.61 Å². The van der Waals surface area contributed by atoms with E-state index in [4.69, 9.17) is 18.6 Å². The second-order valence-corrected chi connectivity index (χ2v) is 9.57. The van der Waals surface area contributed by atoms with E-state index in [0.29, 0.717) is 0 Å². The van der Waals surface area contributed by atoms with E-state index >= 15 is 0 Å². The molecule has 5 rings (SSSR count). The van der Waals surface area contributed by atoms with Gasteiger partial charge in [0.05, 0.1) is 5.56 Å². The summed E-state index contributed by atoms with van der Waals surface area (Å²) in [4.78, 5) is 26.0. The SMILES string of the molecule is O=C(OC[C@H]1O[C@@H](Oc2c(-c3ccc(O)cc3)oc3cc(O)cc(O)c3c2=O)C(O)C(O)[C@H]1O)c1cc(O)c(O)c(O)c1. The maximum atomic E-state index is 13.5. The molecule has 2 heterocycles. The van der Waals surface area contributed by atoms with Crippen molar-refractivity contribution in [2.45, 2.75) is 30.7 Å². The second-order valence-electron chi connectivity index (χ2n) is 9.57. The van der Waals surface area contributed by atoms with Crippen molar-refractivity contribution in [1.82, 2.24) is 0 Å². The van der Waals surface area contributed by atoms with Crippen molar-refractivity contribution < 1.29 is 69.4 Å². The molecular formula is C28H24O15. The average Bonchev–Trinajstić information content (AvgIpc) is 2.96. The van der Waals surface area contributed by atoms with Crippen LogP contribution in [0.4, 0.5) is 0 Å². The highest BCUT2D eigenvalue weighted by molar-refractivity contribution is 5.91. The molecule has 226 valence electrons. The summed E-state index contributed by atoms with van der Waals surface area (Å²) in [5.41, 5.74) is -1.43. The molecule has 5 atom stereocenters. The molecule has 2 unspecified atom stereocenters. The smallest absolute Gasteiger partial charge is 0.338 e. The van der Waals surface area contributed by atoms with Gasteiger partial charge in [-0.05, 0) is 36.4 Å². The van der Waals surface area contributed by atoms with Crippen LogP contribution in [-0.2, 0) is 9.47 Å². The van der Waals surface area contributed by atoms with Gasteiger partial charge in [0, 0.05) is 17.7 Å². The zero-order chi connectivity index (χ0) is 31.2. The van der Waals surface area contributed by atoms with Crippen molar-refractivity contribution in [2.24, 2.45) is 0 Å². The number of carbonyl (C=O) groups is 1. The summed E-state index contributed by atoms with van der Waals surface area (Å²) < 4.78 is 22.0. The summed E-state index contributed by atoms with van der Waals surface area (Å²) in [6.07, 6.45) is -9.19. The Bertz CT molecular complexity index is 1720. The zero-order valence-corrected chi connectivity index (χ0v) is 21.7. The Morgan fingerprint density at radius 3 is 2.09 bits per heavy atom. The van der Waals surface area contributed by atoms with Crippen molar-refractivity contribution in [3.05, 3.63) is 64.3 Å². The van der Waals surface area contributed by atoms with Crippen molar-refractivity contribution >= 4 is 16.9 Å². The number of benzene rings is 3. The molecule has 0 saturated carbocycles. The fraction of sp³-hybridized carbons (Fsp3) is 0.214. The van der Waals surface area contributed by atoms with E-state index in [1.54, 1.807) is 0 Å². The highest BCUT2D eigenvalue weighted by Gasteiger charge is 2.46. The molecule has 0 amide bonds. The van der Waals surface area contributed by atoms with Crippen molar-refractivity contribution in [1.29, 1.82) is 0 Å². The monoisotopic (exact) mass is 600 g/mol. The molecule has 15 heteroatoms. The standard InChI is InChI=1S/C28H24O15/c29-12-3-1-10(2-4-12)25-26(22(36)19-14(31)7-13(30)8-17(19)41-25)43-28-24(38)23(37)21(35)18(42-28)9-40-27(39)11-5-15(32)20(34)16(33)6-11/h1-8,18,21,23-24,28-35,37-38H,9H2/t18-,21+,23?,24?,28+/m1/s1. The number of rotatable bonds is 6. The van der Waals surface area contributed by atoms with Gasteiger partial charge >= 0.3 is 5.97 Å². The number of aliphatic hydroxyl groups excluding tert-OH is 3. The van der Waals surface area contributed by atoms with Gasteiger partial charge in [-0.1, -0.05) is 0 Å². The van der Waals surface area contributed by atoms with Crippen LogP contribution in [0.3, 0.4) is 0 Å². The van der Waals surface area contributed by atoms with Crippen LogP contribution in [-0.4, -0.2) is 89.2 Å². The van der Waals surface area contributed by atoms with Gasteiger partial charge in [-0.2, -0.15) is 0 Å². The number of phenols is 6. The van der Waals surface area contributed by atoms with Crippen LogP contribution >= 0.6 is 0 Å². The van der Waals surface area contributed by atoms with E-state index in [9.17, 15) is 55.5 Å². The summed E-state index contributed by atoms with van der Waals surface area (Å²) in [5.74, 6) is -5.74. The molecule has 0 aliphatic carbocycles. The van der Waals surface area contributed by atoms with Crippen molar-refractivity contribution in [3.8, 4) is 51.6 Å². The predicted molar refractivity (Wildman–Crippen MR) is 142 cm³/mol. The molecule has 0 radical (unpaired) electrons. The van der Waals surface area contributed by atoms with Gasteiger partial charge in [0.2, 0.25) is 17.5 Å². The van der Waals surface area contributed by atoms with Crippen LogP contribution < -0.4 is 10.2 Å². The van der Waals surface area contributed by atoms with E-state index in [2.05, 4.69) is 0 Å².